The summed E-state index contributed by atoms with van der Waals surface area (Å²) in [4.78, 5) is 7.10. The van der Waals surface area contributed by atoms with E-state index in [2.05, 4.69) is 9.05 Å². The van der Waals surface area contributed by atoms with Crippen molar-refractivity contribution in [3.63, 3.8) is 0 Å². The van der Waals surface area contributed by atoms with Crippen molar-refractivity contribution >= 4 is 13.8 Å². The molecule has 178 valence electrons. The molecule has 1 amide bonds. The summed E-state index contributed by atoms with van der Waals surface area (Å²) < 4.78 is 202. The number of amides is 1. The number of halogens is 14. The van der Waals surface area contributed by atoms with Gasteiger partial charge in [-0.15, -0.1) is 4.39 Å². The average Bonchev–Trinajstić information content (AvgIpc) is 2.47. The van der Waals surface area contributed by atoms with Crippen LogP contribution in [0, 0.1) is 0 Å². The molecule has 0 rings (SSSR count). The highest BCUT2D eigenvalue weighted by Crippen LogP contribution is 2.63. The highest BCUT2D eigenvalue weighted by Gasteiger charge is 2.89. The predicted molar refractivity (Wildman–Crippen MR) is 65.1 cm³/mol. The maximum Gasteiger partial charge on any atom is 0.434 e. The average molecular weight is 501 g/mol. The van der Waals surface area contributed by atoms with Gasteiger partial charge in [-0.3, -0.25) is 4.57 Å². The van der Waals surface area contributed by atoms with Gasteiger partial charge in [0.1, 0.15) is 0 Å². The van der Waals surface area contributed by atoms with Gasteiger partial charge in [-0.25, -0.2) is 9.69 Å². The van der Waals surface area contributed by atoms with Crippen LogP contribution in [-0.4, -0.2) is 55.5 Å². The summed E-state index contributed by atoms with van der Waals surface area (Å²) >= 11 is 0. The summed E-state index contributed by atoms with van der Waals surface area (Å²) in [6.45, 7) is 0. The van der Waals surface area contributed by atoms with Gasteiger partial charge < -0.3 is 9.05 Å². The Balaban J connectivity index is 8.01. The van der Waals surface area contributed by atoms with Gasteiger partial charge in [-0.2, -0.15) is 57.1 Å². The molecule has 0 fully saturated rings. The minimum atomic E-state index is -7.97. The molecule has 0 atom stereocenters. The number of hydrogen-bond donors (Lipinski definition) is 0. The van der Waals surface area contributed by atoms with E-state index in [9.17, 15) is 70.8 Å². The third kappa shape index (κ3) is 4.51. The van der Waals surface area contributed by atoms with Crippen LogP contribution in [0.5, 0.6) is 0 Å². The van der Waals surface area contributed by atoms with Crippen molar-refractivity contribution in [2.24, 2.45) is 0 Å². The van der Waals surface area contributed by atoms with Gasteiger partial charge in [0.05, 0.1) is 0 Å². The van der Waals surface area contributed by atoms with Crippen molar-refractivity contribution in [1.29, 1.82) is 0 Å². The maximum atomic E-state index is 14.1. The molecule has 0 radical (unpaired) electrons. The molecular weight excluding hydrogens is 495 g/mol. The number of nitrogens with zero attached hydrogens (tertiary/aromatic N) is 1. The lowest BCUT2D eigenvalue weighted by atomic mass is 9.93. The molecule has 0 unspecified atom stereocenters. The molecule has 0 aromatic heterocycles. The van der Waals surface area contributed by atoms with Crippen molar-refractivity contribution in [1.82, 2.24) is 4.90 Å². The second-order valence-corrected chi connectivity index (χ2v) is 6.91. The van der Waals surface area contributed by atoms with Gasteiger partial charge in [0.2, 0.25) is 5.57 Å². The van der Waals surface area contributed by atoms with Crippen molar-refractivity contribution in [3.05, 3.63) is 11.3 Å². The summed E-state index contributed by atoms with van der Waals surface area (Å²) in [6.07, 6.45) is -35.7. The van der Waals surface area contributed by atoms with Crippen LogP contribution in [0.2, 0.25) is 0 Å². The summed E-state index contributed by atoms with van der Waals surface area (Å²) in [6, 6.07) is 0. The van der Waals surface area contributed by atoms with Crippen molar-refractivity contribution in [2.45, 2.75) is 30.2 Å². The SMILES string of the molecule is COP(=O)(OC)/C(F)=C(/N(C(=O)F)C(C(F)(F)F)(C(F)(F)F)C(F)(F)F)C(F)(F)F. The van der Waals surface area contributed by atoms with E-state index in [4.69, 9.17) is 0 Å². The third-order valence-corrected chi connectivity index (χ3v) is 4.80. The Bertz CT molecular complexity index is 689. The van der Waals surface area contributed by atoms with Crippen LogP contribution in [-0.2, 0) is 13.6 Å². The molecule has 0 spiro atoms. The maximum absolute atomic E-state index is 14.1. The molecule has 0 aromatic rings. The van der Waals surface area contributed by atoms with Gasteiger partial charge in [-0.05, 0) is 0 Å². The Morgan fingerprint density at radius 1 is 0.733 bits per heavy atom. The first-order valence-corrected chi connectivity index (χ1v) is 7.90. The van der Waals surface area contributed by atoms with Crippen molar-refractivity contribution < 1.29 is 79.9 Å². The highest BCUT2D eigenvalue weighted by molar-refractivity contribution is 7.58. The van der Waals surface area contributed by atoms with E-state index in [1.54, 1.807) is 0 Å². The normalized spacial score (nSPS) is 15.7. The lowest BCUT2D eigenvalue weighted by Crippen LogP contribution is -2.76. The minimum Gasteiger partial charge on any atom is -0.307 e. The zero-order chi connectivity index (χ0) is 24.7. The van der Waals surface area contributed by atoms with Crippen molar-refractivity contribution in [3.8, 4) is 0 Å². The molecule has 30 heavy (non-hydrogen) atoms. The fourth-order valence-electron chi connectivity index (χ4n) is 1.95. The first-order chi connectivity index (χ1) is 13.0. The van der Waals surface area contributed by atoms with E-state index in [1.807, 2.05) is 0 Å². The van der Waals surface area contributed by atoms with E-state index in [0.717, 1.165) is 0 Å². The number of carbonyl (C=O) groups excluding carboxylic acids is 1. The first kappa shape index (κ1) is 28.4. The Hall–Kier alpha value is -1.62. The van der Waals surface area contributed by atoms with Gasteiger partial charge >= 0.3 is 44.0 Å². The number of rotatable bonds is 5. The smallest absolute Gasteiger partial charge is 0.307 e. The van der Waals surface area contributed by atoms with Gasteiger partial charge in [0, 0.05) is 14.2 Å². The Morgan fingerprint density at radius 3 is 1.20 bits per heavy atom. The second-order valence-electron chi connectivity index (χ2n) is 4.79. The first-order valence-electron chi connectivity index (χ1n) is 6.36. The van der Waals surface area contributed by atoms with Crippen LogP contribution in [0.4, 0.5) is 66.3 Å². The predicted octanol–water partition coefficient (Wildman–Crippen LogP) is 5.99. The Morgan fingerprint density at radius 2 is 1.03 bits per heavy atom. The quantitative estimate of drug-likeness (QED) is 0.201. The van der Waals surface area contributed by atoms with Gasteiger partial charge in [0.15, 0.2) is 5.70 Å². The molecule has 0 N–H and O–H groups in total. The number of alkyl halides is 12. The fourth-order valence-corrected chi connectivity index (χ4v) is 2.91. The van der Waals surface area contributed by atoms with Gasteiger partial charge in [0.25, 0.3) is 0 Å². The van der Waals surface area contributed by atoms with Crippen LogP contribution in [0.1, 0.15) is 0 Å². The lowest BCUT2D eigenvalue weighted by Gasteiger charge is -2.45. The van der Waals surface area contributed by atoms with Crippen LogP contribution in [0.25, 0.3) is 0 Å². The molecule has 0 aliphatic rings. The van der Waals surface area contributed by atoms with Crippen LogP contribution in [0.3, 0.4) is 0 Å². The molecule has 0 saturated heterocycles. The molecule has 0 saturated carbocycles. The molecule has 0 aromatic carbocycles. The van der Waals surface area contributed by atoms with Crippen LogP contribution >= 0.6 is 7.60 Å². The molecule has 0 bridgehead atoms. The monoisotopic (exact) mass is 501 g/mol. The largest absolute Gasteiger partial charge is 0.434 e. The summed E-state index contributed by atoms with van der Waals surface area (Å²) in [5.41, 5.74) is -16.4. The zero-order valence-corrected chi connectivity index (χ0v) is 14.7. The van der Waals surface area contributed by atoms with Gasteiger partial charge in [-0.1, -0.05) is 0 Å². The number of carbonyl (C=O) groups is 1. The molecule has 5 nitrogen and oxygen atoms in total. The van der Waals surface area contributed by atoms with E-state index in [-0.39, 0.29) is 14.2 Å². The standard InChI is InChI=1S/C10H6F14NO4P/c1-28-30(27,29-2)4(11)3(6(13,14)15)25(5(12)26)7(8(16,17)18,9(19,20)21)10(22,23)24/h1-2H3/b4-3+. The summed E-state index contributed by atoms with van der Waals surface area (Å²) in [7, 11) is -6.18. The van der Waals surface area contributed by atoms with E-state index < -0.39 is 60.2 Å². The minimum absolute atomic E-state index is 0.0178. The molecule has 0 aliphatic heterocycles. The number of hydrogen-bond acceptors (Lipinski definition) is 4. The Kier molecular flexibility index (Phi) is 7.70. The molecule has 20 heteroatoms. The number of allylic oxidation sites excluding steroid dienone is 1. The topological polar surface area (TPSA) is 55.8 Å². The summed E-state index contributed by atoms with van der Waals surface area (Å²) in [5, 5.41) is 0. The summed E-state index contributed by atoms with van der Waals surface area (Å²) in [5.74, 6) is 0. The second kappa shape index (κ2) is 8.14. The van der Waals surface area contributed by atoms with Crippen LogP contribution < -0.4 is 0 Å². The molecular formula is C10H6F14NO4P. The van der Waals surface area contributed by atoms with E-state index in [0.29, 0.717) is 0 Å². The van der Waals surface area contributed by atoms with E-state index >= 15 is 0 Å². The van der Waals surface area contributed by atoms with Crippen LogP contribution in [0.15, 0.2) is 11.3 Å². The Labute approximate surface area is 155 Å². The lowest BCUT2D eigenvalue weighted by molar-refractivity contribution is -0.413. The molecule has 0 aliphatic carbocycles. The van der Waals surface area contributed by atoms with E-state index in [1.165, 1.54) is 0 Å². The zero-order valence-electron chi connectivity index (χ0n) is 13.8. The third-order valence-electron chi connectivity index (χ3n) is 3.15. The van der Waals surface area contributed by atoms with Crippen molar-refractivity contribution in [2.75, 3.05) is 14.2 Å². The fraction of sp³-hybridized carbons (Fsp3) is 0.700. The highest BCUT2D eigenvalue weighted by atomic mass is 31.2. The molecule has 0 heterocycles.